The molecule has 2 aromatic rings. The van der Waals surface area contributed by atoms with Crippen LogP contribution in [0.1, 0.15) is 22.0 Å². The fraction of sp³-hybridized carbons (Fsp3) is 0.238. The topological polar surface area (TPSA) is 153 Å². The number of aromatic carboxylic acids is 1. The van der Waals surface area contributed by atoms with Gasteiger partial charge in [0.15, 0.2) is 11.5 Å². The number of fused-ring (bicyclic) bond motifs is 1. The van der Waals surface area contributed by atoms with Crippen molar-refractivity contribution in [3.05, 3.63) is 53.6 Å². The minimum Gasteiger partial charge on any atom is -0.504 e. The van der Waals surface area contributed by atoms with Crippen molar-refractivity contribution in [1.82, 2.24) is 5.32 Å². The molecule has 10 heteroatoms. The summed E-state index contributed by atoms with van der Waals surface area (Å²) in [6.07, 6.45) is 0. The van der Waals surface area contributed by atoms with Gasteiger partial charge in [0.1, 0.15) is 6.04 Å². The molecule has 2 aliphatic rings. The second-order valence-corrected chi connectivity index (χ2v) is 7.28. The van der Waals surface area contributed by atoms with Crippen LogP contribution in [0.25, 0.3) is 0 Å². The van der Waals surface area contributed by atoms with Crippen molar-refractivity contribution >= 4 is 29.4 Å². The molecular formula is C21H18N2O8. The highest BCUT2D eigenvalue weighted by atomic mass is 16.5. The lowest BCUT2D eigenvalue weighted by Gasteiger charge is -2.22. The second-order valence-electron chi connectivity index (χ2n) is 7.28. The van der Waals surface area contributed by atoms with E-state index in [0.717, 1.165) is 4.90 Å². The van der Waals surface area contributed by atoms with Gasteiger partial charge in [-0.25, -0.2) is 9.69 Å². The number of rotatable bonds is 5. The van der Waals surface area contributed by atoms with Crippen LogP contribution >= 0.6 is 0 Å². The minimum absolute atomic E-state index is 0.0436. The standard InChI is InChI=1S/C21H18N2O8/c1-31-12-7-3-6-11(17(12)24)15-13-14(16(22-15)21(29)30)19(26)23(18(13)25)10-5-2-4-9(8-10)20(27)28/h2-8,13-16,22,24H,1H3,(H,27,28)(H,29,30)/t13-,14+,15+,16+/m1/s1. The largest absolute Gasteiger partial charge is 0.504 e. The third kappa shape index (κ3) is 3.08. The molecule has 2 fully saturated rings. The summed E-state index contributed by atoms with van der Waals surface area (Å²) in [5.74, 6) is -6.44. The van der Waals surface area contributed by atoms with Gasteiger partial charge < -0.3 is 20.1 Å². The highest BCUT2D eigenvalue weighted by Gasteiger charge is 2.61. The van der Waals surface area contributed by atoms with Crippen LogP contribution in [0.5, 0.6) is 11.5 Å². The number of imide groups is 1. The van der Waals surface area contributed by atoms with E-state index in [-0.39, 0.29) is 28.3 Å². The summed E-state index contributed by atoms with van der Waals surface area (Å²) < 4.78 is 5.09. The Bertz CT molecular complexity index is 1110. The highest BCUT2D eigenvalue weighted by Crippen LogP contribution is 2.48. The number of methoxy groups -OCH3 is 1. The van der Waals surface area contributed by atoms with Crippen LogP contribution in [-0.2, 0) is 14.4 Å². The molecule has 0 bridgehead atoms. The zero-order valence-electron chi connectivity index (χ0n) is 16.2. The van der Waals surface area contributed by atoms with E-state index in [9.17, 15) is 34.5 Å². The van der Waals surface area contributed by atoms with E-state index in [4.69, 9.17) is 4.74 Å². The Morgan fingerprint density at radius 3 is 2.35 bits per heavy atom. The molecule has 160 valence electrons. The van der Waals surface area contributed by atoms with Crippen LogP contribution in [0.15, 0.2) is 42.5 Å². The molecule has 0 aliphatic carbocycles. The number of nitrogens with zero attached hydrogens (tertiary/aromatic N) is 1. The normalized spacial score (nSPS) is 24.9. The summed E-state index contributed by atoms with van der Waals surface area (Å²) in [6.45, 7) is 0. The third-order valence-corrected chi connectivity index (χ3v) is 5.68. The number of phenols is 1. The average Bonchev–Trinajstić information content (AvgIpc) is 3.25. The van der Waals surface area contributed by atoms with Crippen LogP contribution < -0.4 is 15.0 Å². The lowest BCUT2D eigenvalue weighted by atomic mass is 9.86. The molecule has 2 aromatic carbocycles. The number of carboxylic acid groups (broad SMARTS) is 2. The molecule has 2 amide bonds. The van der Waals surface area contributed by atoms with Crippen LogP contribution in [0.2, 0.25) is 0 Å². The van der Waals surface area contributed by atoms with E-state index >= 15 is 0 Å². The molecule has 10 nitrogen and oxygen atoms in total. The molecule has 0 spiro atoms. The molecule has 2 saturated heterocycles. The SMILES string of the molecule is COc1cccc([C@@H]2N[C@H](C(=O)O)[C@H]3C(=O)N(c4cccc(C(=O)O)c4)C(=O)[C@H]32)c1O. The zero-order chi connectivity index (χ0) is 22.4. The molecule has 0 unspecified atom stereocenters. The maximum atomic E-state index is 13.3. The predicted octanol–water partition coefficient (Wildman–Crippen LogP) is 1.00. The molecule has 0 saturated carbocycles. The molecule has 31 heavy (non-hydrogen) atoms. The third-order valence-electron chi connectivity index (χ3n) is 5.68. The Morgan fingerprint density at radius 2 is 1.71 bits per heavy atom. The Hall–Kier alpha value is -3.92. The monoisotopic (exact) mass is 426 g/mol. The maximum absolute atomic E-state index is 13.3. The van der Waals surface area contributed by atoms with E-state index in [1.807, 2.05) is 0 Å². The number of aliphatic carboxylic acids is 1. The molecular weight excluding hydrogens is 408 g/mol. The molecule has 2 heterocycles. The summed E-state index contributed by atoms with van der Waals surface area (Å²) in [4.78, 5) is 50.4. The number of benzene rings is 2. The summed E-state index contributed by atoms with van der Waals surface area (Å²) in [7, 11) is 1.35. The minimum atomic E-state index is -1.37. The van der Waals surface area contributed by atoms with E-state index < -0.39 is 47.7 Å². The van der Waals surface area contributed by atoms with Crippen molar-refractivity contribution in [3.63, 3.8) is 0 Å². The van der Waals surface area contributed by atoms with E-state index in [2.05, 4.69) is 5.32 Å². The number of nitrogens with one attached hydrogen (secondary N) is 1. The molecule has 2 aliphatic heterocycles. The Morgan fingerprint density at radius 1 is 1.03 bits per heavy atom. The van der Waals surface area contributed by atoms with Gasteiger partial charge in [0.25, 0.3) is 0 Å². The fourth-order valence-corrected chi connectivity index (χ4v) is 4.31. The molecule has 0 aromatic heterocycles. The summed E-state index contributed by atoms with van der Waals surface area (Å²) in [6, 6.07) is 7.56. The summed E-state index contributed by atoms with van der Waals surface area (Å²) in [5.41, 5.74) is 0.146. The number of hydrogen-bond donors (Lipinski definition) is 4. The predicted molar refractivity (Wildman–Crippen MR) is 105 cm³/mol. The van der Waals surface area contributed by atoms with Crippen LogP contribution in [-0.4, -0.2) is 52.2 Å². The number of hydrogen-bond acceptors (Lipinski definition) is 7. The molecule has 4 atom stereocenters. The number of carbonyl (C=O) groups excluding carboxylic acids is 2. The first-order valence-electron chi connectivity index (χ1n) is 9.32. The first-order chi connectivity index (χ1) is 14.8. The average molecular weight is 426 g/mol. The fourth-order valence-electron chi connectivity index (χ4n) is 4.31. The van der Waals surface area contributed by atoms with Crippen molar-refractivity contribution in [2.24, 2.45) is 11.8 Å². The van der Waals surface area contributed by atoms with E-state index in [1.165, 1.54) is 43.5 Å². The molecule has 4 rings (SSSR count). The Balaban J connectivity index is 1.80. The number of ether oxygens (including phenoxy) is 1. The smallest absolute Gasteiger partial charge is 0.335 e. The summed E-state index contributed by atoms with van der Waals surface area (Å²) in [5, 5.41) is 32.2. The van der Waals surface area contributed by atoms with Gasteiger partial charge in [0.05, 0.1) is 30.2 Å². The van der Waals surface area contributed by atoms with Gasteiger partial charge in [-0.2, -0.15) is 0 Å². The van der Waals surface area contributed by atoms with Crippen molar-refractivity contribution in [3.8, 4) is 11.5 Å². The van der Waals surface area contributed by atoms with Gasteiger partial charge in [-0.05, 0) is 24.3 Å². The van der Waals surface area contributed by atoms with Crippen molar-refractivity contribution in [2.75, 3.05) is 12.0 Å². The van der Waals surface area contributed by atoms with Gasteiger partial charge in [-0.3, -0.25) is 19.7 Å². The first-order valence-corrected chi connectivity index (χ1v) is 9.32. The van der Waals surface area contributed by atoms with Crippen LogP contribution in [0, 0.1) is 11.8 Å². The number of carbonyl (C=O) groups is 4. The number of anilines is 1. The number of aromatic hydroxyl groups is 1. The van der Waals surface area contributed by atoms with Crippen molar-refractivity contribution in [1.29, 1.82) is 0 Å². The van der Waals surface area contributed by atoms with E-state index in [1.54, 1.807) is 6.07 Å². The van der Waals surface area contributed by atoms with Crippen molar-refractivity contribution in [2.45, 2.75) is 12.1 Å². The maximum Gasteiger partial charge on any atom is 0.335 e. The Labute approximate surface area is 175 Å². The second kappa shape index (κ2) is 7.40. The van der Waals surface area contributed by atoms with E-state index in [0.29, 0.717) is 0 Å². The van der Waals surface area contributed by atoms with Gasteiger partial charge in [0, 0.05) is 11.6 Å². The van der Waals surface area contributed by atoms with Gasteiger partial charge >= 0.3 is 11.9 Å². The lowest BCUT2D eigenvalue weighted by molar-refractivity contribution is -0.142. The quantitative estimate of drug-likeness (QED) is 0.513. The zero-order valence-corrected chi connectivity index (χ0v) is 16.2. The molecule has 0 radical (unpaired) electrons. The van der Waals surface area contributed by atoms with Crippen LogP contribution in [0.3, 0.4) is 0 Å². The van der Waals surface area contributed by atoms with Crippen molar-refractivity contribution < 1.29 is 39.2 Å². The van der Waals surface area contributed by atoms with Gasteiger partial charge in [-0.1, -0.05) is 18.2 Å². The van der Waals surface area contributed by atoms with Gasteiger partial charge in [0.2, 0.25) is 11.8 Å². The number of amides is 2. The molecule has 4 N–H and O–H groups in total. The number of phenolic OH excluding ortho intramolecular Hbond substituents is 1. The van der Waals surface area contributed by atoms with Crippen LogP contribution in [0.4, 0.5) is 5.69 Å². The van der Waals surface area contributed by atoms with Gasteiger partial charge in [-0.15, -0.1) is 0 Å². The Kier molecular flexibility index (Phi) is 4.86. The highest BCUT2D eigenvalue weighted by molar-refractivity contribution is 6.24. The summed E-state index contributed by atoms with van der Waals surface area (Å²) >= 11 is 0. The lowest BCUT2D eigenvalue weighted by Crippen LogP contribution is -2.43. The number of carboxylic acids is 2. The number of para-hydroxylation sites is 1. The first kappa shape index (κ1) is 20.4.